The van der Waals surface area contributed by atoms with Crippen molar-refractivity contribution in [2.75, 3.05) is 11.9 Å². The standard InChI is InChI=1S/C12H18N4/c1-3-12(4-2,9-14)16-11-8-15-6-5-10(11)7-13/h5-6,8,16H,3-4,9,14H2,1-2H3. The average molecular weight is 218 g/mol. The smallest absolute Gasteiger partial charge is 0.101 e. The van der Waals surface area contributed by atoms with Crippen LogP contribution in [0.25, 0.3) is 0 Å². The molecule has 0 saturated heterocycles. The molecule has 4 heteroatoms. The van der Waals surface area contributed by atoms with Gasteiger partial charge in [-0.2, -0.15) is 5.26 Å². The quantitative estimate of drug-likeness (QED) is 0.791. The van der Waals surface area contributed by atoms with E-state index in [0.717, 1.165) is 18.5 Å². The summed E-state index contributed by atoms with van der Waals surface area (Å²) in [5.74, 6) is 0. The molecule has 1 aromatic rings. The molecule has 16 heavy (non-hydrogen) atoms. The molecule has 0 amide bonds. The molecule has 0 aromatic carbocycles. The first kappa shape index (κ1) is 12.5. The molecule has 1 rings (SSSR count). The van der Waals surface area contributed by atoms with Crippen LogP contribution in [0.4, 0.5) is 5.69 Å². The van der Waals surface area contributed by atoms with Crippen LogP contribution in [0, 0.1) is 11.3 Å². The SMILES string of the molecule is CCC(CC)(CN)Nc1cnccc1C#N. The Balaban J connectivity index is 2.99. The van der Waals surface area contributed by atoms with Gasteiger partial charge >= 0.3 is 0 Å². The summed E-state index contributed by atoms with van der Waals surface area (Å²) in [5, 5.41) is 12.3. The van der Waals surface area contributed by atoms with Gasteiger partial charge in [-0.15, -0.1) is 0 Å². The van der Waals surface area contributed by atoms with Gasteiger partial charge in [0.25, 0.3) is 0 Å². The molecule has 0 bridgehead atoms. The van der Waals surface area contributed by atoms with Crippen molar-refractivity contribution in [2.24, 2.45) is 5.73 Å². The van der Waals surface area contributed by atoms with Crippen molar-refractivity contribution in [3.8, 4) is 6.07 Å². The lowest BCUT2D eigenvalue weighted by Crippen LogP contribution is -2.44. The lowest BCUT2D eigenvalue weighted by molar-refractivity contribution is 0.445. The topological polar surface area (TPSA) is 74.7 Å². The zero-order chi connectivity index (χ0) is 12.0. The Morgan fingerprint density at radius 2 is 2.19 bits per heavy atom. The number of pyridine rings is 1. The predicted octanol–water partition coefficient (Wildman–Crippen LogP) is 1.88. The van der Waals surface area contributed by atoms with E-state index in [1.54, 1.807) is 18.5 Å². The Kier molecular flexibility index (Phi) is 4.27. The fraction of sp³-hybridized carbons (Fsp3) is 0.500. The highest BCUT2D eigenvalue weighted by atomic mass is 15.0. The predicted molar refractivity (Wildman–Crippen MR) is 64.9 cm³/mol. The molecule has 0 saturated carbocycles. The van der Waals surface area contributed by atoms with Gasteiger partial charge in [0, 0.05) is 18.3 Å². The van der Waals surface area contributed by atoms with Gasteiger partial charge in [0.05, 0.1) is 17.4 Å². The van der Waals surface area contributed by atoms with E-state index in [-0.39, 0.29) is 5.54 Å². The van der Waals surface area contributed by atoms with Crippen molar-refractivity contribution in [3.63, 3.8) is 0 Å². The molecule has 0 aliphatic heterocycles. The molecule has 0 unspecified atom stereocenters. The first-order chi connectivity index (χ1) is 7.71. The highest BCUT2D eigenvalue weighted by Crippen LogP contribution is 2.22. The third-order valence-electron chi connectivity index (χ3n) is 3.09. The van der Waals surface area contributed by atoms with Crippen LogP contribution >= 0.6 is 0 Å². The molecular weight excluding hydrogens is 200 g/mol. The van der Waals surface area contributed by atoms with Crippen molar-refractivity contribution >= 4 is 5.69 Å². The fourth-order valence-corrected chi connectivity index (χ4v) is 1.64. The Morgan fingerprint density at radius 1 is 1.50 bits per heavy atom. The van der Waals surface area contributed by atoms with E-state index in [9.17, 15) is 0 Å². The van der Waals surface area contributed by atoms with Crippen LogP contribution in [0.2, 0.25) is 0 Å². The van der Waals surface area contributed by atoms with E-state index in [0.29, 0.717) is 12.1 Å². The zero-order valence-corrected chi connectivity index (χ0v) is 9.83. The zero-order valence-electron chi connectivity index (χ0n) is 9.83. The Hall–Kier alpha value is -1.60. The summed E-state index contributed by atoms with van der Waals surface area (Å²) in [6.07, 6.45) is 5.12. The van der Waals surface area contributed by atoms with Crippen molar-refractivity contribution in [1.82, 2.24) is 4.98 Å². The molecule has 1 aromatic heterocycles. The number of nitrogens with zero attached hydrogens (tertiary/aromatic N) is 2. The highest BCUT2D eigenvalue weighted by molar-refractivity contribution is 5.56. The maximum Gasteiger partial charge on any atom is 0.101 e. The monoisotopic (exact) mass is 218 g/mol. The molecule has 0 aliphatic rings. The van der Waals surface area contributed by atoms with Crippen LogP contribution in [0.1, 0.15) is 32.3 Å². The van der Waals surface area contributed by atoms with Crippen molar-refractivity contribution in [1.29, 1.82) is 5.26 Å². The van der Waals surface area contributed by atoms with Crippen LogP contribution in [0.15, 0.2) is 18.5 Å². The van der Waals surface area contributed by atoms with E-state index in [1.807, 2.05) is 0 Å². The Labute approximate surface area is 96.5 Å². The first-order valence-corrected chi connectivity index (χ1v) is 5.53. The van der Waals surface area contributed by atoms with Gasteiger partial charge in [0.1, 0.15) is 6.07 Å². The van der Waals surface area contributed by atoms with Gasteiger partial charge in [0.15, 0.2) is 0 Å². The number of anilines is 1. The minimum atomic E-state index is -0.144. The molecule has 0 fully saturated rings. The second kappa shape index (κ2) is 5.47. The number of hydrogen-bond acceptors (Lipinski definition) is 4. The Bertz CT molecular complexity index is 369. The molecule has 0 aliphatic carbocycles. The molecule has 0 radical (unpaired) electrons. The van der Waals surface area contributed by atoms with E-state index in [1.165, 1.54) is 0 Å². The largest absolute Gasteiger partial charge is 0.376 e. The Morgan fingerprint density at radius 3 is 2.69 bits per heavy atom. The molecular formula is C12H18N4. The third kappa shape index (κ3) is 2.50. The van der Waals surface area contributed by atoms with Gasteiger partial charge in [-0.1, -0.05) is 13.8 Å². The summed E-state index contributed by atoms with van der Waals surface area (Å²) in [6, 6.07) is 3.85. The maximum atomic E-state index is 8.98. The van der Waals surface area contributed by atoms with E-state index in [4.69, 9.17) is 11.0 Å². The molecule has 4 nitrogen and oxygen atoms in total. The van der Waals surface area contributed by atoms with Crippen molar-refractivity contribution in [3.05, 3.63) is 24.0 Å². The summed E-state index contributed by atoms with van der Waals surface area (Å²) in [4.78, 5) is 4.03. The second-order valence-electron chi connectivity index (χ2n) is 3.85. The first-order valence-electron chi connectivity index (χ1n) is 5.53. The van der Waals surface area contributed by atoms with Gasteiger partial charge in [-0.3, -0.25) is 4.98 Å². The molecule has 1 heterocycles. The minimum Gasteiger partial charge on any atom is -0.376 e. The van der Waals surface area contributed by atoms with E-state index < -0.39 is 0 Å². The van der Waals surface area contributed by atoms with E-state index >= 15 is 0 Å². The molecule has 86 valence electrons. The highest BCUT2D eigenvalue weighted by Gasteiger charge is 2.24. The minimum absolute atomic E-state index is 0.144. The average Bonchev–Trinajstić information content (AvgIpc) is 2.36. The maximum absolute atomic E-state index is 8.98. The van der Waals surface area contributed by atoms with Gasteiger partial charge in [0.2, 0.25) is 0 Å². The summed E-state index contributed by atoms with van der Waals surface area (Å²) in [5.41, 5.74) is 7.03. The van der Waals surface area contributed by atoms with Gasteiger partial charge < -0.3 is 11.1 Å². The van der Waals surface area contributed by atoms with Gasteiger partial charge in [-0.05, 0) is 18.9 Å². The van der Waals surface area contributed by atoms with Crippen LogP contribution in [-0.2, 0) is 0 Å². The van der Waals surface area contributed by atoms with Crippen LogP contribution in [-0.4, -0.2) is 17.1 Å². The van der Waals surface area contributed by atoms with Crippen LogP contribution < -0.4 is 11.1 Å². The number of nitrogens with one attached hydrogen (secondary N) is 1. The lowest BCUT2D eigenvalue weighted by Gasteiger charge is -2.32. The number of aromatic nitrogens is 1. The summed E-state index contributed by atoms with van der Waals surface area (Å²) >= 11 is 0. The number of nitriles is 1. The van der Waals surface area contributed by atoms with Gasteiger partial charge in [-0.25, -0.2) is 0 Å². The van der Waals surface area contributed by atoms with Crippen LogP contribution in [0.3, 0.4) is 0 Å². The number of hydrogen-bond donors (Lipinski definition) is 2. The normalized spacial score (nSPS) is 10.9. The fourth-order valence-electron chi connectivity index (χ4n) is 1.64. The molecule has 0 spiro atoms. The summed E-state index contributed by atoms with van der Waals surface area (Å²) in [7, 11) is 0. The summed E-state index contributed by atoms with van der Waals surface area (Å²) < 4.78 is 0. The molecule has 3 N–H and O–H groups in total. The number of rotatable bonds is 5. The molecule has 0 atom stereocenters. The van der Waals surface area contributed by atoms with E-state index in [2.05, 4.69) is 30.2 Å². The number of nitrogens with two attached hydrogens (primary N) is 1. The van der Waals surface area contributed by atoms with Crippen molar-refractivity contribution in [2.45, 2.75) is 32.2 Å². The summed E-state index contributed by atoms with van der Waals surface area (Å²) in [6.45, 7) is 4.72. The third-order valence-corrected chi connectivity index (χ3v) is 3.09. The second-order valence-corrected chi connectivity index (χ2v) is 3.85. The lowest BCUT2D eigenvalue weighted by atomic mass is 9.92. The van der Waals surface area contributed by atoms with Crippen LogP contribution in [0.5, 0.6) is 0 Å². The van der Waals surface area contributed by atoms with Crippen molar-refractivity contribution < 1.29 is 0 Å².